The van der Waals surface area contributed by atoms with Crippen LogP contribution in [0.15, 0.2) is 6.07 Å². The van der Waals surface area contributed by atoms with Crippen molar-refractivity contribution in [1.82, 2.24) is 15.1 Å². The third-order valence-electron chi connectivity index (χ3n) is 3.17. The Morgan fingerprint density at radius 3 is 2.70 bits per heavy atom. The fourth-order valence-electron chi connectivity index (χ4n) is 2.22. The number of halogens is 3. The van der Waals surface area contributed by atoms with Crippen LogP contribution in [0.5, 0.6) is 0 Å². The maximum absolute atomic E-state index is 12.8. The number of piperidine rings is 1. The first-order chi connectivity index (χ1) is 9.43. The van der Waals surface area contributed by atoms with Gasteiger partial charge in [0, 0.05) is 6.07 Å². The molecule has 0 amide bonds. The minimum Gasteiger partial charge on any atom is -0.461 e. The fourth-order valence-corrected chi connectivity index (χ4v) is 2.22. The van der Waals surface area contributed by atoms with E-state index in [2.05, 4.69) is 10.4 Å². The zero-order chi connectivity index (χ0) is 14.8. The standard InChI is InChI=1S/C12H16F3N3O2/c1-2-20-11(19)9-7-10(12(13,14)15)17-18(9)8-3-5-16-6-4-8/h7-8,16H,2-6H2,1H3. The van der Waals surface area contributed by atoms with Gasteiger partial charge in [-0.15, -0.1) is 0 Å². The molecule has 5 nitrogen and oxygen atoms in total. The molecule has 1 aliphatic rings. The highest BCUT2D eigenvalue weighted by atomic mass is 19.4. The first kappa shape index (κ1) is 14.8. The van der Waals surface area contributed by atoms with Gasteiger partial charge in [0.15, 0.2) is 5.69 Å². The average molecular weight is 291 g/mol. The van der Waals surface area contributed by atoms with E-state index in [0.717, 1.165) is 6.07 Å². The molecule has 0 bridgehead atoms. The van der Waals surface area contributed by atoms with Gasteiger partial charge in [-0.2, -0.15) is 18.3 Å². The molecule has 0 aliphatic carbocycles. The van der Waals surface area contributed by atoms with Gasteiger partial charge in [-0.05, 0) is 32.9 Å². The smallest absolute Gasteiger partial charge is 0.435 e. The Kier molecular flexibility index (Phi) is 4.32. The average Bonchev–Trinajstić information content (AvgIpc) is 2.85. The number of carbonyl (C=O) groups excluding carboxylic acids is 1. The second-order valence-corrected chi connectivity index (χ2v) is 4.56. The summed E-state index contributed by atoms with van der Waals surface area (Å²) in [5, 5.41) is 6.69. The Labute approximate surface area is 114 Å². The summed E-state index contributed by atoms with van der Waals surface area (Å²) >= 11 is 0. The summed E-state index contributed by atoms with van der Waals surface area (Å²) in [6.07, 6.45) is -3.31. The number of hydrogen-bond donors (Lipinski definition) is 1. The lowest BCUT2D eigenvalue weighted by Crippen LogP contribution is -2.31. The van der Waals surface area contributed by atoms with Crippen LogP contribution in [0.25, 0.3) is 0 Å². The molecule has 112 valence electrons. The van der Waals surface area contributed by atoms with Crippen LogP contribution in [0.4, 0.5) is 13.2 Å². The molecule has 1 fully saturated rings. The molecular formula is C12H16F3N3O2. The van der Waals surface area contributed by atoms with Gasteiger partial charge in [0.2, 0.25) is 0 Å². The summed E-state index contributed by atoms with van der Waals surface area (Å²) in [6.45, 7) is 3.09. The molecule has 0 atom stereocenters. The second kappa shape index (κ2) is 5.82. The number of alkyl halides is 3. The minimum atomic E-state index is -4.57. The van der Waals surface area contributed by atoms with Gasteiger partial charge in [0.05, 0.1) is 12.6 Å². The van der Waals surface area contributed by atoms with Crippen molar-refractivity contribution in [1.29, 1.82) is 0 Å². The topological polar surface area (TPSA) is 56.1 Å². The highest BCUT2D eigenvalue weighted by Crippen LogP contribution is 2.31. The van der Waals surface area contributed by atoms with E-state index in [1.54, 1.807) is 6.92 Å². The molecule has 1 aromatic rings. The lowest BCUT2D eigenvalue weighted by atomic mass is 10.1. The maximum Gasteiger partial charge on any atom is 0.435 e. The zero-order valence-corrected chi connectivity index (χ0v) is 11.0. The van der Waals surface area contributed by atoms with Crippen molar-refractivity contribution in [3.8, 4) is 0 Å². The van der Waals surface area contributed by atoms with E-state index in [4.69, 9.17) is 4.74 Å². The molecule has 8 heteroatoms. The summed E-state index contributed by atoms with van der Waals surface area (Å²) in [7, 11) is 0. The SMILES string of the molecule is CCOC(=O)c1cc(C(F)(F)F)nn1C1CCNCC1. The van der Waals surface area contributed by atoms with Crippen LogP contribution in [-0.4, -0.2) is 35.4 Å². The molecule has 0 unspecified atom stereocenters. The van der Waals surface area contributed by atoms with Crippen molar-refractivity contribution >= 4 is 5.97 Å². The Hall–Kier alpha value is -1.57. The summed E-state index contributed by atoms with van der Waals surface area (Å²) in [5.74, 6) is -0.769. The Morgan fingerprint density at radius 1 is 1.50 bits per heavy atom. The van der Waals surface area contributed by atoms with E-state index in [1.807, 2.05) is 0 Å². The number of hydrogen-bond acceptors (Lipinski definition) is 4. The van der Waals surface area contributed by atoms with Crippen molar-refractivity contribution in [2.24, 2.45) is 0 Å². The molecule has 0 saturated carbocycles. The van der Waals surface area contributed by atoms with Crippen LogP contribution in [-0.2, 0) is 10.9 Å². The Balaban J connectivity index is 2.36. The fraction of sp³-hybridized carbons (Fsp3) is 0.667. The number of nitrogens with zero attached hydrogens (tertiary/aromatic N) is 2. The van der Waals surface area contributed by atoms with Crippen LogP contribution in [0.2, 0.25) is 0 Å². The predicted molar refractivity (Wildman–Crippen MR) is 64.3 cm³/mol. The third-order valence-corrected chi connectivity index (χ3v) is 3.17. The van der Waals surface area contributed by atoms with Gasteiger partial charge >= 0.3 is 12.1 Å². The molecule has 2 heterocycles. The third kappa shape index (κ3) is 3.12. The van der Waals surface area contributed by atoms with Crippen molar-refractivity contribution < 1.29 is 22.7 Å². The van der Waals surface area contributed by atoms with Gasteiger partial charge in [0.1, 0.15) is 5.69 Å². The molecule has 1 N–H and O–H groups in total. The lowest BCUT2D eigenvalue weighted by Gasteiger charge is -2.24. The number of ether oxygens (including phenoxy) is 1. The quantitative estimate of drug-likeness (QED) is 0.865. The second-order valence-electron chi connectivity index (χ2n) is 4.56. The Morgan fingerprint density at radius 2 is 2.15 bits per heavy atom. The largest absolute Gasteiger partial charge is 0.461 e. The highest BCUT2D eigenvalue weighted by Gasteiger charge is 2.37. The summed E-state index contributed by atoms with van der Waals surface area (Å²) in [5.41, 5.74) is -1.19. The molecule has 1 aromatic heterocycles. The molecule has 0 aromatic carbocycles. The number of nitrogens with one attached hydrogen (secondary N) is 1. The van der Waals surface area contributed by atoms with Crippen LogP contribution in [0.1, 0.15) is 42.0 Å². The van der Waals surface area contributed by atoms with E-state index in [0.29, 0.717) is 25.9 Å². The van der Waals surface area contributed by atoms with Crippen LogP contribution in [0.3, 0.4) is 0 Å². The first-order valence-electron chi connectivity index (χ1n) is 6.48. The predicted octanol–water partition coefficient (Wildman–Crippen LogP) is 2.00. The summed E-state index contributed by atoms with van der Waals surface area (Å²) < 4.78 is 44.2. The van der Waals surface area contributed by atoms with Crippen molar-refractivity contribution in [3.05, 3.63) is 17.5 Å². The number of esters is 1. The number of carbonyl (C=O) groups is 1. The first-order valence-corrected chi connectivity index (χ1v) is 6.48. The van der Waals surface area contributed by atoms with E-state index in [-0.39, 0.29) is 18.3 Å². The van der Waals surface area contributed by atoms with Crippen molar-refractivity contribution in [2.75, 3.05) is 19.7 Å². The van der Waals surface area contributed by atoms with Crippen molar-refractivity contribution in [3.63, 3.8) is 0 Å². The van der Waals surface area contributed by atoms with Gasteiger partial charge < -0.3 is 10.1 Å². The van der Waals surface area contributed by atoms with Gasteiger partial charge in [-0.1, -0.05) is 0 Å². The van der Waals surface area contributed by atoms with Crippen LogP contribution < -0.4 is 5.32 Å². The molecule has 20 heavy (non-hydrogen) atoms. The Bertz CT molecular complexity index is 479. The van der Waals surface area contributed by atoms with E-state index < -0.39 is 17.8 Å². The molecule has 0 spiro atoms. The lowest BCUT2D eigenvalue weighted by molar-refractivity contribution is -0.141. The maximum atomic E-state index is 12.8. The minimum absolute atomic E-state index is 0.109. The van der Waals surface area contributed by atoms with Gasteiger partial charge in [-0.25, -0.2) is 4.79 Å². The highest BCUT2D eigenvalue weighted by molar-refractivity contribution is 5.87. The van der Waals surface area contributed by atoms with Gasteiger partial charge in [0.25, 0.3) is 0 Å². The van der Waals surface area contributed by atoms with Crippen LogP contribution in [0, 0.1) is 0 Å². The van der Waals surface area contributed by atoms with E-state index >= 15 is 0 Å². The van der Waals surface area contributed by atoms with Crippen LogP contribution >= 0.6 is 0 Å². The molecular weight excluding hydrogens is 275 g/mol. The normalized spacial score (nSPS) is 17.2. The molecule has 0 radical (unpaired) electrons. The molecule has 1 saturated heterocycles. The molecule has 2 rings (SSSR count). The van der Waals surface area contributed by atoms with E-state index in [9.17, 15) is 18.0 Å². The monoisotopic (exact) mass is 291 g/mol. The number of rotatable bonds is 3. The number of aromatic nitrogens is 2. The zero-order valence-electron chi connectivity index (χ0n) is 11.0. The van der Waals surface area contributed by atoms with Crippen molar-refractivity contribution in [2.45, 2.75) is 32.0 Å². The van der Waals surface area contributed by atoms with Gasteiger partial charge in [-0.3, -0.25) is 4.68 Å². The van der Waals surface area contributed by atoms with E-state index in [1.165, 1.54) is 4.68 Å². The summed E-state index contributed by atoms with van der Waals surface area (Å²) in [6, 6.07) is 0.548. The molecule has 1 aliphatic heterocycles. The summed E-state index contributed by atoms with van der Waals surface area (Å²) in [4.78, 5) is 11.8.